The van der Waals surface area contributed by atoms with Gasteiger partial charge in [-0.25, -0.2) is 0 Å². The number of carboxylic acids is 1. The summed E-state index contributed by atoms with van der Waals surface area (Å²) in [6.45, 7) is 2.14. The molecule has 0 aliphatic rings. The minimum atomic E-state index is -0.853. The van der Waals surface area contributed by atoms with Gasteiger partial charge in [-0.1, -0.05) is 12.1 Å². The van der Waals surface area contributed by atoms with E-state index < -0.39 is 5.97 Å². The molecule has 0 heterocycles. The Morgan fingerprint density at radius 2 is 2.29 bits per heavy atom. The van der Waals surface area contributed by atoms with E-state index in [-0.39, 0.29) is 13.0 Å². The van der Waals surface area contributed by atoms with Crippen molar-refractivity contribution in [2.24, 2.45) is 0 Å². The molecular weight excluding hydrogens is 248 g/mol. The number of carbonyl (C=O) groups is 1. The highest BCUT2D eigenvalue weighted by molar-refractivity contribution is 9.10. The number of carboxylic acid groups (broad SMARTS) is 1. The molecule has 0 saturated carbocycles. The Kier molecular flexibility index (Phi) is 3.95. The van der Waals surface area contributed by atoms with Gasteiger partial charge in [0.2, 0.25) is 0 Å². The van der Waals surface area contributed by atoms with Crippen LogP contribution >= 0.6 is 15.9 Å². The lowest BCUT2D eigenvalue weighted by molar-refractivity contribution is -0.137. The smallest absolute Gasteiger partial charge is 0.306 e. The maximum absolute atomic E-state index is 10.2. The van der Waals surface area contributed by atoms with E-state index in [1.807, 2.05) is 19.1 Å². The molecule has 0 bridgehead atoms. The Morgan fingerprint density at radius 1 is 1.57 bits per heavy atom. The summed E-state index contributed by atoms with van der Waals surface area (Å²) >= 11 is 3.37. The number of aliphatic carboxylic acids is 1. The molecule has 0 atom stereocenters. The van der Waals surface area contributed by atoms with E-state index in [1.54, 1.807) is 6.07 Å². The summed E-state index contributed by atoms with van der Waals surface area (Å²) in [5, 5.41) is 8.42. The molecule has 0 spiro atoms. The molecule has 4 heteroatoms. The van der Waals surface area contributed by atoms with E-state index in [0.717, 1.165) is 10.0 Å². The zero-order valence-corrected chi connectivity index (χ0v) is 9.37. The van der Waals surface area contributed by atoms with Crippen LogP contribution < -0.4 is 4.74 Å². The lowest BCUT2D eigenvalue weighted by atomic mass is 10.2. The molecular formula is C10H11BrO3. The summed E-state index contributed by atoms with van der Waals surface area (Å²) in [6.07, 6.45) is 0.0143. The van der Waals surface area contributed by atoms with Crippen LogP contribution in [0.1, 0.15) is 12.0 Å². The van der Waals surface area contributed by atoms with Gasteiger partial charge in [-0.3, -0.25) is 4.79 Å². The van der Waals surface area contributed by atoms with Gasteiger partial charge in [-0.2, -0.15) is 0 Å². The van der Waals surface area contributed by atoms with Gasteiger partial charge in [-0.15, -0.1) is 0 Å². The molecule has 1 N–H and O–H groups in total. The van der Waals surface area contributed by atoms with Gasteiger partial charge in [0, 0.05) is 0 Å². The van der Waals surface area contributed by atoms with Crippen LogP contribution in [0.2, 0.25) is 0 Å². The Morgan fingerprint density at radius 3 is 2.93 bits per heavy atom. The molecule has 0 fully saturated rings. The van der Waals surface area contributed by atoms with Crippen LogP contribution in [0, 0.1) is 6.92 Å². The highest BCUT2D eigenvalue weighted by Crippen LogP contribution is 2.27. The van der Waals surface area contributed by atoms with Crippen molar-refractivity contribution in [3.05, 3.63) is 28.2 Å². The fourth-order valence-corrected chi connectivity index (χ4v) is 1.36. The molecule has 1 aromatic carbocycles. The molecule has 0 radical (unpaired) electrons. The van der Waals surface area contributed by atoms with Crippen LogP contribution in [-0.2, 0) is 4.79 Å². The molecule has 3 nitrogen and oxygen atoms in total. The molecule has 0 aromatic heterocycles. The van der Waals surface area contributed by atoms with Gasteiger partial charge in [0.25, 0.3) is 0 Å². The SMILES string of the molecule is Cc1cccc(OCCC(=O)O)c1Br. The Labute approximate surface area is 90.8 Å². The average molecular weight is 259 g/mol. The van der Waals surface area contributed by atoms with Crippen molar-refractivity contribution in [2.45, 2.75) is 13.3 Å². The molecule has 76 valence electrons. The van der Waals surface area contributed by atoms with Gasteiger partial charge in [0.1, 0.15) is 5.75 Å². The normalized spacial score (nSPS) is 9.86. The third kappa shape index (κ3) is 3.03. The standard InChI is InChI=1S/C10H11BrO3/c1-7-3-2-4-8(10(7)11)14-6-5-9(12)13/h2-4H,5-6H2,1H3,(H,12,13). The largest absolute Gasteiger partial charge is 0.492 e. The summed E-state index contributed by atoms with van der Waals surface area (Å²) in [4.78, 5) is 10.2. The number of hydrogen-bond acceptors (Lipinski definition) is 2. The number of halogens is 1. The minimum Gasteiger partial charge on any atom is -0.492 e. The first kappa shape index (κ1) is 11.0. The lowest BCUT2D eigenvalue weighted by Crippen LogP contribution is -2.05. The van der Waals surface area contributed by atoms with E-state index >= 15 is 0 Å². The molecule has 14 heavy (non-hydrogen) atoms. The number of ether oxygens (including phenoxy) is 1. The third-order valence-electron chi connectivity index (χ3n) is 1.73. The second kappa shape index (κ2) is 5.00. The van der Waals surface area contributed by atoms with Crippen LogP contribution in [0.5, 0.6) is 5.75 Å². The fraction of sp³-hybridized carbons (Fsp3) is 0.300. The molecule has 0 aliphatic carbocycles. The van der Waals surface area contributed by atoms with Gasteiger partial charge >= 0.3 is 5.97 Å². The quantitative estimate of drug-likeness (QED) is 0.903. The monoisotopic (exact) mass is 258 g/mol. The maximum atomic E-state index is 10.2. The minimum absolute atomic E-state index is 0.0143. The van der Waals surface area contributed by atoms with E-state index in [2.05, 4.69) is 15.9 Å². The lowest BCUT2D eigenvalue weighted by Gasteiger charge is -2.08. The number of aryl methyl sites for hydroxylation is 1. The fourth-order valence-electron chi connectivity index (χ4n) is 0.980. The first-order valence-corrected chi connectivity index (χ1v) is 5.00. The van der Waals surface area contributed by atoms with Crippen LogP contribution in [0.25, 0.3) is 0 Å². The van der Waals surface area contributed by atoms with Gasteiger partial charge in [0.05, 0.1) is 17.5 Å². The Balaban J connectivity index is 2.59. The highest BCUT2D eigenvalue weighted by Gasteiger charge is 2.04. The predicted octanol–water partition coefficient (Wildman–Crippen LogP) is 2.61. The number of hydrogen-bond donors (Lipinski definition) is 1. The van der Waals surface area contributed by atoms with Crippen LogP contribution in [-0.4, -0.2) is 17.7 Å². The molecule has 1 rings (SSSR count). The number of benzene rings is 1. The second-order valence-electron chi connectivity index (χ2n) is 2.88. The van der Waals surface area contributed by atoms with Gasteiger partial charge in [-0.05, 0) is 34.5 Å². The Hall–Kier alpha value is -1.03. The van der Waals surface area contributed by atoms with Crippen molar-refractivity contribution in [2.75, 3.05) is 6.61 Å². The third-order valence-corrected chi connectivity index (χ3v) is 2.75. The molecule has 0 aliphatic heterocycles. The van der Waals surface area contributed by atoms with Crippen molar-refractivity contribution in [3.63, 3.8) is 0 Å². The summed E-state index contributed by atoms with van der Waals surface area (Å²) < 4.78 is 6.18. The molecule has 0 unspecified atom stereocenters. The average Bonchev–Trinajstić information content (AvgIpc) is 2.12. The summed E-state index contributed by atoms with van der Waals surface area (Å²) in [5.41, 5.74) is 1.07. The van der Waals surface area contributed by atoms with Gasteiger partial charge < -0.3 is 9.84 Å². The van der Waals surface area contributed by atoms with Crippen molar-refractivity contribution in [1.82, 2.24) is 0 Å². The highest BCUT2D eigenvalue weighted by atomic mass is 79.9. The van der Waals surface area contributed by atoms with E-state index in [0.29, 0.717) is 5.75 Å². The van der Waals surface area contributed by atoms with Crippen molar-refractivity contribution in [3.8, 4) is 5.75 Å². The summed E-state index contributed by atoms with van der Waals surface area (Å²) in [6, 6.07) is 5.63. The van der Waals surface area contributed by atoms with Crippen LogP contribution in [0.3, 0.4) is 0 Å². The zero-order chi connectivity index (χ0) is 10.6. The van der Waals surface area contributed by atoms with Crippen LogP contribution in [0.4, 0.5) is 0 Å². The first-order chi connectivity index (χ1) is 6.61. The topological polar surface area (TPSA) is 46.5 Å². The van der Waals surface area contributed by atoms with Crippen LogP contribution in [0.15, 0.2) is 22.7 Å². The summed E-state index contributed by atoms with van der Waals surface area (Å²) in [7, 11) is 0. The van der Waals surface area contributed by atoms with E-state index in [1.165, 1.54) is 0 Å². The second-order valence-corrected chi connectivity index (χ2v) is 3.67. The van der Waals surface area contributed by atoms with Gasteiger partial charge in [0.15, 0.2) is 0 Å². The molecule has 0 amide bonds. The Bertz CT molecular complexity index is 336. The summed E-state index contributed by atoms with van der Waals surface area (Å²) in [5.74, 6) is -0.167. The number of rotatable bonds is 4. The first-order valence-electron chi connectivity index (χ1n) is 4.21. The molecule has 0 saturated heterocycles. The van der Waals surface area contributed by atoms with Crippen molar-refractivity contribution in [1.29, 1.82) is 0 Å². The zero-order valence-electron chi connectivity index (χ0n) is 7.79. The maximum Gasteiger partial charge on any atom is 0.306 e. The van der Waals surface area contributed by atoms with E-state index in [9.17, 15) is 4.79 Å². The van der Waals surface area contributed by atoms with Crippen molar-refractivity contribution >= 4 is 21.9 Å². The van der Waals surface area contributed by atoms with E-state index in [4.69, 9.17) is 9.84 Å². The molecule has 1 aromatic rings. The van der Waals surface area contributed by atoms with Crippen molar-refractivity contribution < 1.29 is 14.6 Å². The predicted molar refractivity (Wildman–Crippen MR) is 56.6 cm³/mol.